The second kappa shape index (κ2) is 7.06. The molecule has 0 radical (unpaired) electrons. The molecule has 0 saturated carbocycles. The van der Waals surface area contributed by atoms with Crippen LogP contribution in [0, 0.1) is 0 Å². The predicted octanol–water partition coefficient (Wildman–Crippen LogP) is 2.21. The molecule has 3 aromatic rings. The number of imidazole rings is 1. The minimum Gasteiger partial charge on any atom is -0.491 e. The van der Waals surface area contributed by atoms with Gasteiger partial charge in [0.2, 0.25) is 0 Å². The molecule has 0 amide bonds. The van der Waals surface area contributed by atoms with E-state index in [-0.39, 0.29) is 12.4 Å². The maximum atomic E-state index is 14.3. The molecule has 0 aliphatic carbocycles. The van der Waals surface area contributed by atoms with Gasteiger partial charge < -0.3 is 19.9 Å². The Morgan fingerprint density at radius 3 is 2.85 bits per heavy atom. The zero-order chi connectivity index (χ0) is 17.9. The zero-order valence-electron chi connectivity index (χ0n) is 13.7. The Morgan fingerprint density at radius 2 is 2.00 bits per heavy atom. The Hall–Kier alpha value is -3.04. The molecule has 3 heterocycles. The fraction of sp³-hybridized carbons (Fsp3) is 0.235. The molecule has 2 aromatic heterocycles. The summed E-state index contributed by atoms with van der Waals surface area (Å²) >= 11 is 0. The molecule has 0 unspecified atom stereocenters. The van der Waals surface area contributed by atoms with Crippen molar-refractivity contribution in [3.05, 3.63) is 54.9 Å². The van der Waals surface area contributed by atoms with Crippen LogP contribution in [0.4, 0.5) is 10.2 Å². The average molecular weight is 357 g/mol. The van der Waals surface area contributed by atoms with Gasteiger partial charge in [-0.1, -0.05) is 18.2 Å². The van der Waals surface area contributed by atoms with Crippen LogP contribution in [0.3, 0.4) is 0 Å². The van der Waals surface area contributed by atoms with E-state index in [1.807, 2.05) is 30.3 Å². The summed E-state index contributed by atoms with van der Waals surface area (Å²) in [4.78, 5) is 12.1. The van der Waals surface area contributed by atoms with E-state index in [0.717, 1.165) is 5.75 Å². The van der Waals surface area contributed by atoms with E-state index < -0.39 is 18.3 Å². The van der Waals surface area contributed by atoms with Gasteiger partial charge in [0.05, 0.1) is 12.9 Å². The summed E-state index contributed by atoms with van der Waals surface area (Å²) in [6, 6.07) is 9.36. The lowest BCUT2D eigenvalue weighted by Crippen LogP contribution is -2.18. The Morgan fingerprint density at radius 1 is 1.15 bits per heavy atom. The van der Waals surface area contributed by atoms with Crippen LogP contribution in [0.2, 0.25) is 0 Å². The Bertz CT molecular complexity index is 931. The van der Waals surface area contributed by atoms with E-state index in [2.05, 4.69) is 15.0 Å². The first-order chi connectivity index (χ1) is 12.7. The third-order valence-corrected chi connectivity index (χ3v) is 3.81. The number of ether oxygens (including phenoxy) is 3. The quantitative estimate of drug-likeness (QED) is 0.676. The van der Waals surface area contributed by atoms with E-state index in [9.17, 15) is 4.39 Å². The molecular formula is C17H16FN5O3. The molecule has 2 atom stereocenters. The number of nitrogens with zero attached hydrogens (tertiary/aromatic N) is 4. The summed E-state index contributed by atoms with van der Waals surface area (Å²) < 4.78 is 32.4. The highest BCUT2D eigenvalue weighted by Gasteiger charge is 2.31. The number of aromatic nitrogens is 4. The van der Waals surface area contributed by atoms with Gasteiger partial charge in [0.15, 0.2) is 29.8 Å². The molecule has 1 aromatic carbocycles. The first kappa shape index (κ1) is 16.4. The van der Waals surface area contributed by atoms with Crippen molar-refractivity contribution in [1.82, 2.24) is 19.5 Å². The van der Waals surface area contributed by atoms with Crippen LogP contribution in [0.15, 0.2) is 54.9 Å². The van der Waals surface area contributed by atoms with Crippen molar-refractivity contribution in [2.24, 2.45) is 0 Å². The molecule has 26 heavy (non-hydrogen) atoms. The van der Waals surface area contributed by atoms with Crippen LogP contribution in [-0.4, -0.2) is 39.0 Å². The topological polar surface area (TPSA) is 97.3 Å². The molecule has 2 N–H and O–H groups in total. The van der Waals surface area contributed by atoms with Crippen LogP contribution >= 0.6 is 0 Å². The van der Waals surface area contributed by atoms with Gasteiger partial charge in [0, 0.05) is 6.08 Å². The molecule has 134 valence electrons. The van der Waals surface area contributed by atoms with Crippen molar-refractivity contribution in [2.75, 3.05) is 18.9 Å². The highest BCUT2D eigenvalue weighted by Crippen LogP contribution is 2.32. The Labute approximate surface area is 148 Å². The first-order valence-corrected chi connectivity index (χ1v) is 7.97. The van der Waals surface area contributed by atoms with Crippen LogP contribution in [0.25, 0.3) is 11.2 Å². The molecule has 9 heteroatoms. The highest BCUT2D eigenvalue weighted by atomic mass is 19.1. The van der Waals surface area contributed by atoms with Gasteiger partial charge in [0.1, 0.15) is 24.2 Å². The van der Waals surface area contributed by atoms with Crippen molar-refractivity contribution in [1.29, 1.82) is 0 Å². The monoisotopic (exact) mass is 357 g/mol. The lowest BCUT2D eigenvalue weighted by molar-refractivity contribution is -0.142. The largest absolute Gasteiger partial charge is 0.491 e. The molecule has 1 aliphatic rings. The van der Waals surface area contributed by atoms with E-state index in [4.69, 9.17) is 19.9 Å². The summed E-state index contributed by atoms with van der Waals surface area (Å²) in [7, 11) is 0. The fourth-order valence-corrected chi connectivity index (χ4v) is 2.61. The van der Waals surface area contributed by atoms with Crippen LogP contribution in [0.5, 0.6) is 5.75 Å². The smallest absolute Gasteiger partial charge is 0.192 e. The molecule has 8 nitrogen and oxygen atoms in total. The Kier molecular flexibility index (Phi) is 4.46. The number of halogens is 1. The maximum absolute atomic E-state index is 14.3. The van der Waals surface area contributed by atoms with Gasteiger partial charge in [-0.05, 0) is 12.1 Å². The molecular weight excluding hydrogens is 341 g/mol. The standard InChI is InChI=1S/C17H16FN5O3/c18-12-8-13(25-7-6-24-11-4-2-1-3-5-11)26-17(12)23-10-22-14-15(19)20-9-21-16(14)23/h1-5,8-10,13,17H,6-7H2,(H2,19,20,21)/t13-,17+/m0/s1. The number of rotatable bonds is 6. The lowest BCUT2D eigenvalue weighted by Gasteiger charge is -2.16. The molecule has 1 aliphatic heterocycles. The van der Waals surface area contributed by atoms with Gasteiger partial charge in [-0.2, -0.15) is 0 Å². The van der Waals surface area contributed by atoms with Gasteiger partial charge in [-0.25, -0.2) is 19.3 Å². The molecule has 0 spiro atoms. The summed E-state index contributed by atoms with van der Waals surface area (Å²) in [5.74, 6) is 0.475. The number of fused-ring (bicyclic) bond motifs is 1. The third kappa shape index (κ3) is 3.22. The number of nitrogen functional groups attached to an aromatic ring is 1. The van der Waals surface area contributed by atoms with Crippen molar-refractivity contribution in [2.45, 2.75) is 12.5 Å². The highest BCUT2D eigenvalue weighted by molar-refractivity contribution is 5.81. The summed E-state index contributed by atoms with van der Waals surface area (Å²) in [6.07, 6.45) is 2.14. The van der Waals surface area contributed by atoms with Gasteiger partial charge in [-0.3, -0.25) is 4.57 Å². The second-order valence-electron chi connectivity index (χ2n) is 5.52. The van der Waals surface area contributed by atoms with E-state index >= 15 is 0 Å². The SMILES string of the molecule is Nc1ncnc2c1ncn2[C@@H]1O[C@H](OCCOc2ccccc2)C=C1F. The van der Waals surface area contributed by atoms with Crippen molar-refractivity contribution >= 4 is 17.0 Å². The number of hydrogen-bond acceptors (Lipinski definition) is 7. The normalized spacial score (nSPS) is 19.7. The van der Waals surface area contributed by atoms with Crippen LogP contribution < -0.4 is 10.5 Å². The van der Waals surface area contributed by atoms with Crippen molar-refractivity contribution in [3.8, 4) is 5.75 Å². The van der Waals surface area contributed by atoms with E-state index in [1.54, 1.807) is 0 Å². The van der Waals surface area contributed by atoms with E-state index in [1.165, 1.54) is 23.3 Å². The second-order valence-corrected chi connectivity index (χ2v) is 5.52. The number of para-hydroxylation sites is 1. The van der Waals surface area contributed by atoms with Crippen molar-refractivity contribution in [3.63, 3.8) is 0 Å². The van der Waals surface area contributed by atoms with Crippen LogP contribution in [0.1, 0.15) is 6.23 Å². The third-order valence-electron chi connectivity index (χ3n) is 3.81. The molecule has 0 fully saturated rings. The van der Waals surface area contributed by atoms with Gasteiger partial charge >= 0.3 is 0 Å². The fourth-order valence-electron chi connectivity index (χ4n) is 2.61. The molecule has 0 saturated heterocycles. The van der Waals surface area contributed by atoms with Gasteiger partial charge in [-0.15, -0.1) is 0 Å². The predicted molar refractivity (Wildman–Crippen MR) is 90.7 cm³/mol. The lowest BCUT2D eigenvalue weighted by atomic mass is 10.3. The van der Waals surface area contributed by atoms with Gasteiger partial charge in [0.25, 0.3) is 0 Å². The zero-order valence-corrected chi connectivity index (χ0v) is 13.7. The van der Waals surface area contributed by atoms with Crippen LogP contribution in [-0.2, 0) is 9.47 Å². The number of nitrogens with two attached hydrogens (primary N) is 1. The summed E-state index contributed by atoms with van der Waals surface area (Å²) in [6.45, 7) is 0.567. The summed E-state index contributed by atoms with van der Waals surface area (Å²) in [5.41, 5.74) is 6.53. The average Bonchev–Trinajstić information content (AvgIpc) is 3.24. The molecule has 4 rings (SSSR count). The number of hydrogen-bond donors (Lipinski definition) is 1. The minimum atomic E-state index is -1.01. The van der Waals surface area contributed by atoms with Crippen molar-refractivity contribution < 1.29 is 18.6 Å². The summed E-state index contributed by atoms with van der Waals surface area (Å²) in [5, 5.41) is 0. The minimum absolute atomic E-state index is 0.224. The van der Waals surface area contributed by atoms with E-state index in [0.29, 0.717) is 17.8 Å². The molecule has 0 bridgehead atoms. The maximum Gasteiger partial charge on any atom is 0.192 e. The number of anilines is 1. The first-order valence-electron chi connectivity index (χ1n) is 7.97. The Balaban J connectivity index is 1.36. The number of benzene rings is 1.